The van der Waals surface area contributed by atoms with Crippen molar-refractivity contribution in [1.82, 2.24) is 9.47 Å². The van der Waals surface area contributed by atoms with E-state index in [-0.39, 0.29) is 12.5 Å². The Bertz CT molecular complexity index is 717. The van der Waals surface area contributed by atoms with Gasteiger partial charge in [-0.15, -0.1) is 0 Å². The van der Waals surface area contributed by atoms with Crippen LogP contribution >= 0.6 is 0 Å². The molecule has 0 atom stereocenters. The number of esters is 1. The Kier molecular flexibility index (Phi) is 5.79. The minimum absolute atomic E-state index is 0.228. The number of aryl methyl sites for hydroxylation is 2. The zero-order valence-electron chi connectivity index (χ0n) is 14.7. The number of likely N-dealkylation sites (N-methyl/N-ethyl adjacent to an activating group) is 1. The minimum Gasteiger partial charge on any atom is -0.451 e. The molecule has 0 fully saturated rings. The van der Waals surface area contributed by atoms with Gasteiger partial charge in [-0.1, -0.05) is 31.2 Å². The van der Waals surface area contributed by atoms with Gasteiger partial charge < -0.3 is 14.2 Å². The first-order valence-corrected chi connectivity index (χ1v) is 8.03. The van der Waals surface area contributed by atoms with Gasteiger partial charge in [0.15, 0.2) is 6.61 Å². The fraction of sp³-hybridized carbons (Fsp3) is 0.368. The molecule has 0 bridgehead atoms. The summed E-state index contributed by atoms with van der Waals surface area (Å²) in [7, 11) is 3.50. The van der Waals surface area contributed by atoms with Crippen LogP contribution in [0.25, 0.3) is 0 Å². The summed E-state index contributed by atoms with van der Waals surface area (Å²) >= 11 is 0. The van der Waals surface area contributed by atoms with E-state index in [0.29, 0.717) is 12.2 Å². The normalized spacial score (nSPS) is 10.5. The van der Waals surface area contributed by atoms with Crippen LogP contribution in [0.5, 0.6) is 0 Å². The van der Waals surface area contributed by atoms with Gasteiger partial charge in [0.05, 0.1) is 0 Å². The summed E-state index contributed by atoms with van der Waals surface area (Å²) in [6.45, 7) is 4.24. The summed E-state index contributed by atoms with van der Waals surface area (Å²) in [6.07, 6.45) is 0.990. The molecule has 128 valence electrons. The standard InChI is InChI=1S/C19H24N2O3/c1-5-15-7-9-16(10-8-15)12-20(3)18(22)13-24-19(23)17-11-6-14(2)21(17)4/h6-11H,5,12-13H2,1-4H3. The molecule has 2 aromatic rings. The van der Waals surface area contributed by atoms with E-state index in [1.165, 1.54) is 5.56 Å². The summed E-state index contributed by atoms with van der Waals surface area (Å²) in [6, 6.07) is 11.7. The molecule has 1 aromatic carbocycles. The largest absolute Gasteiger partial charge is 0.451 e. The molecule has 0 N–H and O–H groups in total. The fourth-order valence-electron chi connectivity index (χ4n) is 2.37. The van der Waals surface area contributed by atoms with Crippen molar-refractivity contribution >= 4 is 11.9 Å². The SMILES string of the molecule is CCc1ccc(CN(C)C(=O)COC(=O)c2ccc(C)n2C)cc1. The molecule has 1 heterocycles. The van der Waals surface area contributed by atoms with Crippen molar-refractivity contribution in [2.45, 2.75) is 26.8 Å². The van der Waals surface area contributed by atoms with Gasteiger partial charge >= 0.3 is 5.97 Å². The highest BCUT2D eigenvalue weighted by atomic mass is 16.5. The lowest BCUT2D eigenvalue weighted by Crippen LogP contribution is -2.31. The number of carbonyl (C=O) groups excluding carboxylic acids is 2. The smallest absolute Gasteiger partial charge is 0.355 e. The highest BCUT2D eigenvalue weighted by Crippen LogP contribution is 2.09. The number of rotatable bonds is 6. The molecule has 1 aromatic heterocycles. The maximum atomic E-state index is 12.1. The van der Waals surface area contributed by atoms with Crippen LogP contribution in [-0.2, 0) is 29.5 Å². The second-order valence-corrected chi connectivity index (χ2v) is 5.91. The van der Waals surface area contributed by atoms with Crippen LogP contribution in [0.2, 0.25) is 0 Å². The number of ether oxygens (including phenoxy) is 1. The van der Waals surface area contributed by atoms with Crippen LogP contribution in [0.3, 0.4) is 0 Å². The molecule has 24 heavy (non-hydrogen) atoms. The monoisotopic (exact) mass is 328 g/mol. The Hall–Kier alpha value is -2.56. The molecular formula is C19H24N2O3. The third-order valence-electron chi connectivity index (χ3n) is 4.19. The molecule has 0 unspecified atom stereocenters. The summed E-state index contributed by atoms with van der Waals surface area (Å²) in [4.78, 5) is 25.7. The van der Waals surface area contributed by atoms with E-state index in [2.05, 4.69) is 19.1 Å². The Balaban J connectivity index is 1.87. The molecule has 0 aliphatic carbocycles. The number of benzene rings is 1. The van der Waals surface area contributed by atoms with Gasteiger partial charge in [-0.3, -0.25) is 4.79 Å². The van der Waals surface area contributed by atoms with E-state index in [1.54, 1.807) is 29.6 Å². The van der Waals surface area contributed by atoms with E-state index in [9.17, 15) is 9.59 Å². The van der Waals surface area contributed by atoms with Crippen LogP contribution in [-0.4, -0.2) is 35.0 Å². The summed E-state index contributed by atoms with van der Waals surface area (Å²) < 4.78 is 6.87. The molecule has 0 saturated heterocycles. The van der Waals surface area contributed by atoms with E-state index in [4.69, 9.17) is 4.74 Å². The van der Waals surface area contributed by atoms with Crippen molar-refractivity contribution in [3.63, 3.8) is 0 Å². The van der Waals surface area contributed by atoms with Gasteiger partial charge in [-0.2, -0.15) is 0 Å². The first-order chi connectivity index (χ1) is 11.4. The lowest BCUT2D eigenvalue weighted by molar-refractivity contribution is -0.133. The van der Waals surface area contributed by atoms with Crippen molar-refractivity contribution in [3.8, 4) is 0 Å². The van der Waals surface area contributed by atoms with Crippen LogP contribution in [0.4, 0.5) is 0 Å². The quantitative estimate of drug-likeness (QED) is 0.766. The molecule has 0 aliphatic rings. The number of carbonyl (C=O) groups is 2. The summed E-state index contributed by atoms with van der Waals surface area (Å²) in [5.41, 5.74) is 3.71. The first-order valence-electron chi connectivity index (χ1n) is 8.03. The lowest BCUT2D eigenvalue weighted by atomic mass is 10.1. The van der Waals surface area contributed by atoms with Crippen molar-refractivity contribution < 1.29 is 14.3 Å². The molecule has 0 spiro atoms. The predicted molar refractivity (Wildman–Crippen MR) is 92.7 cm³/mol. The third kappa shape index (κ3) is 4.25. The molecule has 1 amide bonds. The number of amides is 1. The highest BCUT2D eigenvalue weighted by molar-refractivity contribution is 5.90. The minimum atomic E-state index is -0.486. The Morgan fingerprint density at radius 2 is 1.71 bits per heavy atom. The topological polar surface area (TPSA) is 51.5 Å². The molecule has 0 saturated carbocycles. The number of hydrogen-bond donors (Lipinski definition) is 0. The van der Waals surface area contributed by atoms with E-state index < -0.39 is 5.97 Å². The van der Waals surface area contributed by atoms with Gasteiger partial charge in [0.25, 0.3) is 5.91 Å². The van der Waals surface area contributed by atoms with Crippen LogP contribution < -0.4 is 0 Å². The average Bonchev–Trinajstić information content (AvgIpc) is 2.92. The van der Waals surface area contributed by atoms with E-state index >= 15 is 0 Å². The molecule has 0 radical (unpaired) electrons. The molecule has 5 nitrogen and oxygen atoms in total. The summed E-state index contributed by atoms with van der Waals surface area (Å²) in [5, 5.41) is 0. The van der Waals surface area contributed by atoms with Crippen molar-refractivity contribution in [2.24, 2.45) is 7.05 Å². The number of hydrogen-bond acceptors (Lipinski definition) is 3. The van der Waals surface area contributed by atoms with Crippen molar-refractivity contribution in [2.75, 3.05) is 13.7 Å². The molecular weight excluding hydrogens is 304 g/mol. The Morgan fingerprint density at radius 1 is 1.08 bits per heavy atom. The van der Waals surface area contributed by atoms with E-state index in [1.807, 2.05) is 25.1 Å². The third-order valence-corrected chi connectivity index (χ3v) is 4.19. The van der Waals surface area contributed by atoms with Gasteiger partial charge in [-0.25, -0.2) is 4.79 Å². The molecule has 5 heteroatoms. The average molecular weight is 328 g/mol. The van der Waals surface area contributed by atoms with Crippen molar-refractivity contribution in [3.05, 3.63) is 58.9 Å². The Labute approximate surface area is 142 Å². The van der Waals surface area contributed by atoms with Crippen LogP contribution in [0.15, 0.2) is 36.4 Å². The second kappa shape index (κ2) is 7.81. The van der Waals surface area contributed by atoms with Gasteiger partial charge in [0.1, 0.15) is 5.69 Å². The predicted octanol–water partition coefficient (Wildman–Crippen LogP) is 2.71. The maximum absolute atomic E-state index is 12.1. The fourth-order valence-corrected chi connectivity index (χ4v) is 2.37. The number of aromatic nitrogens is 1. The van der Waals surface area contributed by atoms with Gasteiger partial charge in [0, 0.05) is 26.3 Å². The zero-order valence-corrected chi connectivity index (χ0v) is 14.7. The van der Waals surface area contributed by atoms with Crippen LogP contribution in [0.1, 0.15) is 34.2 Å². The second-order valence-electron chi connectivity index (χ2n) is 5.91. The Morgan fingerprint density at radius 3 is 2.25 bits per heavy atom. The zero-order chi connectivity index (χ0) is 17.7. The molecule has 2 rings (SSSR count). The molecule has 0 aliphatic heterocycles. The highest BCUT2D eigenvalue weighted by Gasteiger charge is 2.16. The van der Waals surface area contributed by atoms with E-state index in [0.717, 1.165) is 17.7 Å². The summed E-state index contributed by atoms with van der Waals surface area (Å²) in [5.74, 6) is -0.714. The lowest BCUT2D eigenvalue weighted by Gasteiger charge is -2.17. The van der Waals surface area contributed by atoms with Gasteiger partial charge in [-0.05, 0) is 36.6 Å². The van der Waals surface area contributed by atoms with Gasteiger partial charge in [0.2, 0.25) is 0 Å². The van der Waals surface area contributed by atoms with Crippen LogP contribution in [0, 0.1) is 6.92 Å². The first kappa shape index (κ1) is 17.8. The maximum Gasteiger partial charge on any atom is 0.355 e. The number of nitrogens with zero attached hydrogens (tertiary/aromatic N) is 2. The van der Waals surface area contributed by atoms with Crippen molar-refractivity contribution in [1.29, 1.82) is 0 Å².